The molecule has 1 aliphatic carbocycles. The Morgan fingerprint density at radius 3 is 2.63 bits per heavy atom. The van der Waals surface area contributed by atoms with E-state index in [0.29, 0.717) is 12.0 Å². The van der Waals surface area contributed by atoms with Gasteiger partial charge in [0.2, 0.25) is 5.78 Å². The van der Waals surface area contributed by atoms with Gasteiger partial charge in [0, 0.05) is 12.0 Å². The number of unbranched alkanes of at least 4 members (excludes halogenated alkanes) is 3. The van der Waals surface area contributed by atoms with Gasteiger partial charge in [-0.3, -0.25) is 9.59 Å². The van der Waals surface area contributed by atoms with E-state index in [1.165, 1.54) is 12.0 Å². The second-order valence-corrected chi connectivity index (χ2v) is 8.31. The summed E-state index contributed by atoms with van der Waals surface area (Å²) in [7, 11) is 0. The van der Waals surface area contributed by atoms with E-state index in [-0.39, 0.29) is 17.3 Å². The number of Topliss-reactive ketones (excluding diaryl/α,β-unsaturated/α-hetero) is 2. The minimum atomic E-state index is -0.549. The smallest absolute Gasteiger partial charge is 0.224 e. The van der Waals surface area contributed by atoms with Crippen molar-refractivity contribution in [3.63, 3.8) is 0 Å². The van der Waals surface area contributed by atoms with Crippen molar-refractivity contribution in [3.8, 4) is 0 Å². The van der Waals surface area contributed by atoms with Crippen molar-refractivity contribution in [2.24, 2.45) is 0 Å². The predicted octanol–water partition coefficient (Wildman–Crippen LogP) is 6.16. The average molecular weight is 371 g/mol. The van der Waals surface area contributed by atoms with Crippen LogP contribution in [-0.4, -0.2) is 17.2 Å². The van der Waals surface area contributed by atoms with Crippen molar-refractivity contribution in [2.45, 2.75) is 91.6 Å². The highest BCUT2D eigenvalue weighted by Crippen LogP contribution is 2.36. The summed E-state index contributed by atoms with van der Waals surface area (Å²) in [4.78, 5) is 25.9. The number of hydrogen-bond acceptors (Lipinski definition) is 3. The largest absolute Gasteiger partial charge is 0.479 e. The molecule has 0 aromatic heterocycles. The van der Waals surface area contributed by atoms with Crippen LogP contribution in [0.4, 0.5) is 0 Å². The fourth-order valence-corrected chi connectivity index (χ4v) is 3.66. The Morgan fingerprint density at radius 1 is 1.22 bits per heavy atom. The molecule has 0 saturated heterocycles. The van der Waals surface area contributed by atoms with Crippen LogP contribution in [-0.2, 0) is 14.3 Å². The van der Waals surface area contributed by atoms with Crippen molar-refractivity contribution in [2.75, 3.05) is 0 Å². The molecular weight excluding hydrogens is 336 g/mol. The first-order chi connectivity index (χ1) is 12.8. The Labute approximate surface area is 164 Å². The Kier molecular flexibility index (Phi) is 7.41. The lowest BCUT2D eigenvalue weighted by atomic mass is 9.92. The number of carbonyl (C=O) groups excluding carboxylic acids is 2. The summed E-state index contributed by atoms with van der Waals surface area (Å²) in [6.45, 7) is 10.2. The molecule has 27 heavy (non-hydrogen) atoms. The summed E-state index contributed by atoms with van der Waals surface area (Å²) in [5, 5.41) is 0. The van der Waals surface area contributed by atoms with Gasteiger partial charge in [0.25, 0.3) is 0 Å². The third kappa shape index (κ3) is 5.54. The first-order valence-corrected chi connectivity index (χ1v) is 10.3. The molecule has 0 fully saturated rings. The Hall–Kier alpha value is -1.90. The molecule has 0 N–H and O–H groups in total. The summed E-state index contributed by atoms with van der Waals surface area (Å²) in [5.41, 5.74) is 2.85. The van der Waals surface area contributed by atoms with Crippen LogP contribution in [0.3, 0.4) is 0 Å². The van der Waals surface area contributed by atoms with E-state index < -0.39 is 5.60 Å². The molecule has 0 bridgehead atoms. The molecule has 0 radical (unpaired) electrons. The lowest BCUT2D eigenvalue weighted by molar-refractivity contribution is -0.119. The second kappa shape index (κ2) is 9.34. The van der Waals surface area contributed by atoms with Gasteiger partial charge in [0.15, 0.2) is 11.5 Å². The van der Waals surface area contributed by atoms with Crippen LogP contribution in [0.15, 0.2) is 46.3 Å². The molecule has 2 aliphatic rings. The molecule has 1 unspecified atom stereocenters. The highest BCUT2D eigenvalue weighted by atomic mass is 16.5. The number of ketones is 2. The summed E-state index contributed by atoms with van der Waals surface area (Å²) in [6, 6.07) is 0. The van der Waals surface area contributed by atoms with Gasteiger partial charge < -0.3 is 4.74 Å². The quantitative estimate of drug-likeness (QED) is 0.379. The lowest BCUT2D eigenvalue weighted by Gasteiger charge is -2.32. The van der Waals surface area contributed by atoms with E-state index in [9.17, 15) is 9.59 Å². The van der Waals surface area contributed by atoms with Crippen LogP contribution in [0.2, 0.25) is 0 Å². The van der Waals surface area contributed by atoms with Crippen molar-refractivity contribution >= 4 is 11.6 Å². The minimum Gasteiger partial charge on any atom is -0.479 e. The summed E-state index contributed by atoms with van der Waals surface area (Å²) in [5.74, 6) is 0.175. The topological polar surface area (TPSA) is 43.4 Å². The van der Waals surface area contributed by atoms with Crippen molar-refractivity contribution in [3.05, 3.63) is 46.3 Å². The third-order valence-corrected chi connectivity index (χ3v) is 5.38. The van der Waals surface area contributed by atoms with Crippen molar-refractivity contribution in [1.82, 2.24) is 0 Å². The van der Waals surface area contributed by atoms with E-state index in [0.717, 1.165) is 49.7 Å². The minimum absolute atomic E-state index is 0.0120. The molecule has 0 aromatic carbocycles. The highest BCUT2D eigenvalue weighted by Gasteiger charge is 2.36. The van der Waals surface area contributed by atoms with Crippen molar-refractivity contribution < 1.29 is 14.3 Å². The van der Waals surface area contributed by atoms with Gasteiger partial charge in [0.1, 0.15) is 5.60 Å². The Morgan fingerprint density at radius 2 is 1.96 bits per heavy atom. The summed E-state index contributed by atoms with van der Waals surface area (Å²) in [6.07, 6.45) is 13.1. The zero-order valence-corrected chi connectivity index (χ0v) is 17.6. The van der Waals surface area contributed by atoms with Crippen LogP contribution >= 0.6 is 0 Å². The van der Waals surface area contributed by atoms with Crippen LogP contribution in [0.25, 0.3) is 0 Å². The summed E-state index contributed by atoms with van der Waals surface area (Å²) >= 11 is 0. The normalized spacial score (nSPS) is 22.6. The van der Waals surface area contributed by atoms with Gasteiger partial charge in [-0.1, -0.05) is 43.4 Å². The number of ether oxygens (including phenoxy) is 1. The molecule has 3 nitrogen and oxygen atoms in total. The first kappa shape index (κ1) is 21.4. The lowest BCUT2D eigenvalue weighted by Crippen LogP contribution is -2.32. The predicted molar refractivity (Wildman–Crippen MR) is 110 cm³/mol. The molecule has 0 aromatic rings. The molecular formula is C24H34O3. The molecule has 3 heteroatoms. The van der Waals surface area contributed by atoms with Crippen LogP contribution in [0, 0.1) is 0 Å². The third-order valence-electron chi connectivity index (χ3n) is 5.38. The Balaban J connectivity index is 2.21. The number of carbonyl (C=O) groups is 2. The molecule has 1 aliphatic heterocycles. The fourth-order valence-electron chi connectivity index (χ4n) is 3.66. The van der Waals surface area contributed by atoms with E-state index in [2.05, 4.69) is 26.8 Å². The van der Waals surface area contributed by atoms with E-state index in [4.69, 9.17) is 4.74 Å². The van der Waals surface area contributed by atoms with Crippen molar-refractivity contribution in [1.29, 1.82) is 0 Å². The van der Waals surface area contributed by atoms with Crippen LogP contribution in [0.5, 0.6) is 0 Å². The Bertz CT molecular complexity index is 714. The van der Waals surface area contributed by atoms with E-state index in [1.807, 2.05) is 26.0 Å². The fraction of sp³-hybridized carbons (Fsp3) is 0.583. The van der Waals surface area contributed by atoms with Gasteiger partial charge in [-0.15, -0.1) is 0 Å². The molecule has 1 heterocycles. The second-order valence-electron chi connectivity index (χ2n) is 8.31. The van der Waals surface area contributed by atoms with Gasteiger partial charge in [0.05, 0.1) is 5.57 Å². The van der Waals surface area contributed by atoms with Gasteiger partial charge >= 0.3 is 0 Å². The van der Waals surface area contributed by atoms with Gasteiger partial charge in [-0.2, -0.15) is 0 Å². The molecule has 2 rings (SSSR count). The highest BCUT2D eigenvalue weighted by molar-refractivity contribution is 6.16. The number of hydrogen-bond donors (Lipinski definition) is 0. The molecule has 0 amide bonds. The zero-order valence-electron chi connectivity index (χ0n) is 17.6. The standard InChI is InChI=1S/C24H34O3/c1-6-7-8-9-12-19-18(4)16-21(25)20-13-15-24(5,14-10-11-17(2)3)27-23(20)22(19)26/h11,13,15H,6-10,12,14,16H2,1-5H3. The van der Waals surface area contributed by atoms with E-state index >= 15 is 0 Å². The molecule has 0 saturated carbocycles. The first-order valence-electron chi connectivity index (χ1n) is 10.3. The average Bonchev–Trinajstić information content (AvgIpc) is 2.67. The van der Waals surface area contributed by atoms with E-state index in [1.54, 1.807) is 0 Å². The monoisotopic (exact) mass is 370 g/mol. The SMILES string of the molecule is CCCCCCC1=C(C)CC(=O)C2=C(OC(C)(CCC=C(C)C)C=C2)C1=O. The summed E-state index contributed by atoms with van der Waals surface area (Å²) < 4.78 is 6.19. The van der Waals surface area contributed by atoms with Gasteiger partial charge in [-0.05, 0) is 65.5 Å². The number of allylic oxidation sites excluding steroid dienone is 6. The van der Waals surface area contributed by atoms with Crippen LogP contribution in [0.1, 0.15) is 86.0 Å². The maximum atomic E-state index is 13.2. The zero-order chi connectivity index (χ0) is 20.0. The molecule has 1 atom stereocenters. The number of rotatable bonds is 8. The van der Waals surface area contributed by atoms with Crippen LogP contribution < -0.4 is 0 Å². The maximum absolute atomic E-state index is 13.2. The van der Waals surface area contributed by atoms with Gasteiger partial charge in [-0.25, -0.2) is 0 Å². The molecule has 0 spiro atoms. The maximum Gasteiger partial charge on any atom is 0.224 e. The molecule has 148 valence electrons.